The average Bonchev–Trinajstić information content (AvgIpc) is 2.42. The molecule has 0 heterocycles. The largest absolute Gasteiger partial charge is 0.494 e. The molecule has 0 aliphatic heterocycles. The van der Waals surface area contributed by atoms with Gasteiger partial charge < -0.3 is 14.9 Å². The second-order valence-electron chi connectivity index (χ2n) is 4.56. The summed E-state index contributed by atoms with van der Waals surface area (Å²) in [5.74, 6) is 0.737. The summed E-state index contributed by atoms with van der Waals surface area (Å²) in [5.41, 5.74) is 1.56. The lowest BCUT2D eigenvalue weighted by Crippen LogP contribution is -1.99. The van der Waals surface area contributed by atoms with Gasteiger partial charge in [-0.1, -0.05) is 38.7 Å². The molecule has 0 spiro atoms. The Bertz CT molecular complexity index is 314. The lowest BCUT2D eigenvalue weighted by molar-refractivity contribution is 0.269. The van der Waals surface area contributed by atoms with Gasteiger partial charge in [0.2, 0.25) is 0 Å². The summed E-state index contributed by atoms with van der Waals surface area (Å²) in [5, 5.41) is 18.2. The van der Waals surface area contributed by atoms with Crippen LogP contribution in [0.25, 0.3) is 0 Å². The van der Waals surface area contributed by atoms with Crippen LogP contribution in [0.4, 0.5) is 0 Å². The summed E-state index contributed by atoms with van der Waals surface area (Å²) >= 11 is 0. The zero-order valence-corrected chi connectivity index (χ0v) is 11.2. The minimum atomic E-state index is -0.0271. The molecule has 0 bridgehead atoms. The number of hydrogen-bond donors (Lipinski definition) is 2. The van der Waals surface area contributed by atoms with Crippen molar-refractivity contribution in [2.75, 3.05) is 6.61 Å². The molecular weight excluding hydrogens is 228 g/mol. The molecule has 0 aromatic heterocycles. The first-order valence-electron chi connectivity index (χ1n) is 6.77. The van der Waals surface area contributed by atoms with E-state index in [2.05, 4.69) is 6.92 Å². The van der Waals surface area contributed by atoms with Gasteiger partial charge in [0, 0.05) is 0 Å². The van der Waals surface area contributed by atoms with Crippen molar-refractivity contribution in [2.45, 2.75) is 52.2 Å². The summed E-state index contributed by atoms with van der Waals surface area (Å²) in [6.45, 7) is 2.85. The lowest BCUT2D eigenvalue weighted by atomic mass is 10.1. The third-order valence-corrected chi connectivity index (χ3v) is 2.91. The van der Waals surface area contributed by atoms with E-state index in [0.717, 1.165) is 23.3 Å². The Labute approximate surface area is 109 Å². The highest BCUT2D eigenvalue weighted by Crippen LogP contribution is 2.18. The summed E-state index contributed by atoms with van der Waals surface area (Å²) in [4.78, 5) is 0. The molecule has 0 saturated carbocycles. The molecule has 0 atom stereocenters. The van der Waals surface area contributed by atoms with Crippen molar-refractivity contribution in [1.29, 1.82) is 0 Å². The topological polar surface area (TPSA) is 49.7 Å². The standard InChI is InChI=1S/C15H24O3/c1-2-3-4-5-6-7-18-15-9-13(11-16)8-14(10-15)12-17/h8-10,16-17H,2-7,11-12H2,1H3. The highest BCUT2D eigenvalue weighted by molar-refractivity contribution is 5.33. The Morgan fingerprint density at radius 1 is 0.889 bits per heavy atom. The second kappa shape index (κ2) is 8.95. The molecule has 18 heavy (non-hydrogen) atoms. The van der Waals surface area contributed by atoms with Gasteiger partial charge in [0.05, 0.1) is 19.8 Å². The molecule has 3 nitrogen and oxygen atoms in total. The molecule has 0 saturated heterocycles. The highest BCUT2D eigenvalue weighted by atomic mass is 16.5. The van der Waals surface area contributed by atoms with Crippen LogP contribution in [-0.2, 0) is 13.2 Å². The second-order valence-corrected chi connectivity index (χ2v) is 4.56. The van der Waals surface area contributed by atoms with Gasteiger partial charge in [-0.05, 0) is 29.7 Å². The van der Waals surface area contributed by atoms with E-state index in [1.54, 1.807) is 6.07 Å². The number of unbranched alkanes of at least 4 members (excludes halogenated alkanes) is 4. The SMILES string of the molecule is CCCCCCCOc1cc(CO)cc(CO)c1. The first-order chi connectivity index (χ1) is 8.80. The molecule has 1 aromatic rings. The smallest absolute Gasteiger partial charge is 0.120 e. The van der Waals surface area contributed by atoms with Crippen LogP contribution in [0.3, 0.4) is 0 Å². The van der Waals surface area contributed by atoms with Crippen LogP contribution in [0.2, 0.25) is 0 Å². The summed E-state index contributed by atoms with van der Waals surface area (Å²) < 4.78 is 5.65. The first kappa shape index (κ1) is 15.0. The quantitative estimate of drug-likeness (QED) is 0.664. The van der Waals surface area contributed by atoms with E-state index in [-0.39, 0.29) is 13.2 Å². The van der Waals surface area contributed by atoms with E-state index in [4.69, 9.17) is 14.9 Å². The number of rotatable bonds is 9. The van der Waals surface area contributed by atoms with Crippen LogP contribution in [0.15, 0.2) is 18.2 Å². The van der Waals surface area contributed by atoms with Crippen molar-refractivity contribution in [2.24, 2.45) is 0 Å². The zero-order chi connectivity index (χ0) is 13.2. The molecule has 0 unspecified atom stereocenters. The van der Waals surface area contributed by atoms with Gasteiger partial charge >= 0.3 is 0 Å². The Hall–Kier alpha value is -1.06. The van der Waals surface area contributed by atoms with Crippen LogP contribution in [-0.4, -0.2) is 16.8 Å². The van der Waals surface area contributed by atoms with Gasteiger partial charge in [0.1, 0.15) is 5.75 Å². The van der Waals surface area contributed by atoms with Crippen molar-refractivity contribution in [3.8, 4) is 5.75 Å². The summed E-state index contributed by atoms with van der Waals surface area (Å²) in [6, 6.07) is 5.44. The van der Waals surface area contributed by atoms with Gasteiger partial charge in [-0.2, -0.15) is 0 Å². The van der Waals surface area contributed by atoms with Crippen molar-refractivity contribution in [3.05, 3.63) is 29.3 Å². The van der Waals surface area contributed by atoms with Gasteiger partial charge in [0.25, 0.3) is 0 Å². The normalized spacial score (nSPS) is 10.6. The van der Waals surface area contributed by atoms with Gasteiger partial charge in [0.15, 0.2) is 0 Å². The molecule has 0 radical (unpaired) electrons. The van der Waals surface area contributed by atoms with E-state index >= 15 is 0 Å². The summed E-state index contributed by atoms with van der Waals surface area (Å²) in [6.07, 6.45) is 6.05. The number of aliphatic hydroxyl groups excluding tert-OH is 2. The van der Waals surface area contributed by atoms with E-state index < -0.39 is 0 Å². The molecular formula is C15H24O3. The highest BCUT2D eigenvalue weighted by Gasteiger charge is 2.01. The summed E-state index contributed by atoms with van der Waals surface area (Å²) in [7, 11) is 0. The van der Waals surface area contributed by atoms with Gasteiger partial charge in [-0.15, -0.1) is 0 Å². The maximum Gasteiger partial charge on any atom is 0.120 e. The Balaban J connectivity index is 2.36. The molecule has 0 amide bonds. The lowest BCUT2D eigenvalue weighted by Gasteiger charge is -2.09. The minimum absolute atomic E-state index is 0.0271. The van der Waals surface area contributed by atoms with Crippen LogP contribution in [0, 0.1) is 0 Å². The van der Waals surface area contributed by atoms with Crippen LogP contribution >= 0.6 is 0 Å². The Kier molecular flexibility index (Phi) is 7.46. The Morgan fingerprint density at radius 2 is 1.50 bits per heavy atom. The van der Waals surface area contributed by atoms with Crippen molar-refractivity contribution in [3.63, 3.8) is 0 Å². The van der Waals surface area contributed by atoms with E-state index in [0.29, 0.717) is 6.61 Å². The van der Waals surface area contributed by atoms with E-state index in [1.165, 1.54) is 25.7 Å². The predicted molar refractivity (Wildman–Crippen MR) is 72.5 cm³/mol. The molecule has 2 N–H and O–H groups in total. The molecule has 1 rings (SSSR count). The minimum Gasteiger partial charge on any atom is -0.494 e. The van der Waals surface area contributed by atoms with Crippen LogP contribution in [0.5, 0.6) is 5.75 Å². The molecule has 0 fully saturated rings. The van der Waals surface area contributed by atoms with E-state index in [9.17, 15) is 0 Å². The molecule has 3 heteroatoms. The van der Waals surface area contributed by atoms with Crippen molar-refractivity contribution in [1.82, 2.24) is 0 Å². The third kappa shape index (κ3) is 5.52. The molecule has 0 aliphatic carbocycles. The van der Waals surface area contributed by atoms with Crippen LogP contribution in [0.1, 0.15) is 50.2 Å². The van der Waals surface area contributed by atoms with Gasteiger partial charge in [-0.3, -0.25) is 0 Å². The average molecular weight is 252 g/mol. The number of ether oxygens (including phenoxy) is 1. The van der Waals surface area contributed by atoms with E-state index in [1.807, 2.05) is 12.1 Å². The molecule has 1 aromatic carbocycles. The monoisotopic (exact) mass is 252 g/mol. The van der Waals surface area contributed by atoms with Crippen molar-refractivity contribution < 1.29 is 14.9 Å². The Morgan fingerprint density at radius 3 is 2.06 bits per heavy atom. The van der Waals surface area contributed by atoms with Gasteiger partial charge in [-0.25, -0.2) is 0 Å². The fraction of sp³-hybridized carbons (Fsp3) is 0.600. The molecule has 102 valence electrons. The predicted octanol–water partition coefficient (Wildman–Crippen LogP) is 3.02. The molecule has 0 aliphatic rings. The third-order valence-electron chi connectivity index (χ3n) is 2.91. The number of benzene rings is 1. The van der Waals surface area contributed by atoms with Crippen molar-refractivity contribution >= 4 is 0 Å². The fourth-order valence-corrected chi connectivity index (χ4v) is 1.89. The zero-order valence-electron chi connectivity index (χ0n) is 11.2. The fourth-order valence-electron chi connectivity index (χ4n) is 1.89. The number of aliphatic hydroxyl groups is 2. The first-order valence-corrected chi connectivity index (χ1v) is 6.77. The maximum atomic E-state index is 9.11. The number of hydrogen-bond acceptors (Lipinski definition) is 3. The van der Waals surface area contributed by atoms with Crippen LogP contribution < -0.4 is 4.74 Å². The maximum absolute atomic E-state index is 9.11.